The van der Waals surface area contributed by atoms with Crippen LogP contribution in [0.1, 0.15) is 38.9 Å². The molecule has 0 spiro atoms. The van der Waals surface area contributed by atoms with Gasteiger partial charge in [0.05, 0.1) is 43.2 Å². The molecule has 4 rings (SSSR count). The summed E-state index contributed by atoms with van der Waals surface area (Å²) in [7, 11) is 0. The first-order chi connectivity index (χ1) is 12.6. The predicted octanol–water partition coefficient (Wildman–Crippen LogP) is 1.86. The number of hydrazine groups is 1. The highest BCUT2D eigenvalue weighted by molar-refractivity contribution is 5.45. The first-order valence-electron chi connectivity index (χ1n) is 9.36. The second-order valence-electron chi connectivity index (χ2n) is 7.35. The van der Waals surface area contributed by atoms with E-state index in [2.05, 4.69) is 64.7 Å². The van der Waals surface area contributed by atoms with Crippen LogP contribution >= 0.6 is 0 Å². The number of rotatable bonds is 4. The van der Waals surface area contributed by atoms with Crippen molar-refractivity contribution >= 4 is 5.82 Å². The number of aromatic nitrogens is 2. The molecule has 3 aliphatic rings. The Balaban J connectivity index is 1.55. The molecule has 3 atom stereocenters. The standard InChI is InChI=1S/C19H27N5O2/c1-12(2)26-14-4-5-16-15(8-14)19(23-22-16)17-9-18(21-11-20-17)24-6-7-25-10-13(24)3/h4-5,9,11-14,19,22-23H,6-8,10H2,1-3H3/t13?,14-,19+/m0/s1. The lowest BCUT2D eigenvalue weighted by molar-refractivity contribution is 0.0345. The van der Waals surface area contributed by atoms with Crippen LogP contribution in [0.3, 0.4) is 0 Å². The van der Waals surface area contributed by atoms with Crippen LogP contribution in [-0.2, 0) is 9.47 Å². The van der Waals surface area contributed by atoms with Gasteiger partial charge in [-0.25, -0.2) is 15.4 Å². The minimum absolute atomic E-state index is 0.0336. The van der Waals surface area contributed by atoms with E-state index in [9.17, 15) is 0 Å². The van der Waals surface area contributed by atoms with E-state index in [1.165, 1.54) is 5.57 Å². The van der Waals surface area contributed by atoms with E-state index in [-0.39, 0.29) is 18.2 Å². The normalized spacial score (nSPS) is 28.5. The molecule has 0 aromatic carbocycles. The van der Waals surface area contributed by atoms with Crippen LogP contribution in [0.15, 0.2) is 35.8 Å². The quantitative estimate of drug-likeness (QED) is 0.852. The fraction of sp³-hybridized carbons (Fsp3) is 0.579. The van der Waals surface area contributed by atoms with Crippen molar-refractivity contribution in [3.63, 3.8) is 0 Å². The summed E-state index contributed by atoms with van der Waals surface area (Å²) in [4.78, 5) is 11.3. The number of allylic oxidation sites excluding steroid dienone is 1. The van der Waals surface area contributed by atoms with Crippen molar-refractivity contribution in [2.75, 3.05) is 24.7 Å². The topological polar surface area (TPSA) is 71.5 Å². The van der Waals surface area contributed by atoms with E-state index < -0.39 is 0 Å². The third kappa shape index (κ3) is 3.47. The minimum atomic E-state index is 0.0336. The fourth-order valence-electron chi connectivity index (χ4n) is 3.78. The maximum Gasteiger partial charge on any atom is 0.132 e. The first kappa shape index (κ1) is 17.5. The van der Waals surface area contributed by atoms with E-state index in [1.807, 2.05) is 0 Å². The van der Waals surface area contributed by atoms with Crippen molar-refractivity contribution in [3.05, 3.63) is 41.5 Å². The van der Waals surface area contributed by atoms with Gasteiger partial charge < -0.3 is 19.8 Å². The van der Waals surface area contributed by atoms with Crippen LogP contribution < -0.4 is 15.8 Å². The lowest BCUT2D eigenvalue weighted by atomic mass is 9.93. The number of ether oxygens (including phenoxy) is 2. The zero-order valence-corrected chi connectivity index (χ0v) is 15.6. The van der Waals surface area contributed by atoms with Gasteiger partial charge >= 0.3 is 0 Å². The Hall–Kier alpha value is -1.96. The molecule has 2 aliphatic heterocycles. The summed E-state index contributed by atoms with van der Waals surface area (Å²) >= 11 is 0. The Morgan fingerprint density at radius 2 is 2.23 bits per heavy atom. The maximum absolute atomic E-state index is 5.99. The summed E-state index contributed by atoms with van der Waals surface area (Å²) in [6, 6.07) is 2.44. The van der Waals surface area contributed by atoms with Crippen molar-refractivity contribution < 1.29 is 9.47 Å². The van der Waals surface area contributed by atoms with Gasteiger partial charge in [0.15, 0.2) is 0 Å². The monoisotopic (exact) mass is 357 g/mol. The molecule has 26 heavy (non-hydrogen) atoms. The summed E-state index contributed by atoms with van der Waals surface area (Å²) in [6.45, 7) is 8.63. The zero-order chi connectivity index (χ0) is 18.1. The zero-order valence-electron chi connectivity index (χ0n) is 15.6. The van der Waals surface area contributed by atoms with Crippen LogP contribution in [-0.4, -0.2) is 48.0 Å². The van der Waals surface area contributed by atoms with Gasteiger partial charge in [0.25, 0.3) is 0 Å². The third-order valence-electron chi connectivity index (χ3n) is 5.02. The molecular weight excluding hydrogens is 330 g/mol. The minimum Gasteiger partial charge on any atom is -0.377 e. The molecule has 1 aromatic rings. The van der Waals surface area contributed by atoms with Crippen LogP contribution in [0, 0.1) is 0 Å². The molecule has 1 saturated heterocycles. The lowest BCUT2D eigenvalue weighted by Crippen LogP contribution is -2.44. The van der Waals surface area contributed by atoms with E-state index in [1.54, 1.807) is 6.33 Å². The molecule has 1 aromatic heterocycles. The Morgan fingerprint density at radius 1 is 1.35 bits per heavy atom. The highest BCUT2D eigenvalue weighted by atomic mass is 16.5. The van der Waals surface area contributed by atoms with Gasteiger partial charge in [0.2, 0.25) is 0 Å². The molecule has 7 heteroatoms. The molecule has 3 heterocycles. The van der Waals surface area contributed by atoms with Gasteiger partial charge in [-0.15, -0.1) is 0 Å². The second kappa shape index (κ2) is 7.34. The Kier molecular flexibility index (Phi) is 4.93. The molecular formula is C19H27N5O2. The van der Waals surface area contributed by atoms with Crippen LogP contribution in [0.4, 0.5) is 5.82 Å². The molecule has 0 saturated carbocycles. The number of morpholine rings is 1. The van der Waals surface area contributed by atoms with Gasteiger partial charge in [-0.3, -0.25) is 0 Å². The average Bonchev–Trinajstić information content (AvgIpc) is 3.05. The SMILES string of the molecule is CC(C)O[C@H]1C=CC2=C(C1)[C@H](c1cc(N3CCOCC3C)ncn1)NN2. The summed E-state index contributed by atoms with van der Waals surface area (Å²) in [5.41, 5.74) is 10.0. The largest absolute Gasteiger partial charge is 0.377 e. The average molecular weight is 357 g/mol. The van der Waals surface area contributed by atoms with E-state index in [0.29, 0.717) is 6.04 Å². The number of nitrogens with zero attached hydrogens (tertiary/aromatic N) is 3. The smallest absolute Gasteiger partial charge is 0.132 e. The van der Waals surface area contributed by atoms with Gasteiger partial charge in [-0.2, -0.15) is 0 Å². The van der Waals surface area contributed by atoms with Crippen molar-refractivity contribution in [3.8, 4) is 0 Å². The summed E-state index contributed by atoms with van der Waals surface area (Å²) in [5, 5.41) is 0. The third-order valence-corrected chi connectivity index (χ3v) is 5.02. The highest BCUT2D eigenvalue weighted by Crippen LogP contribution is 2.34. The lowest BCUT2D eigenvalue weighted by Gasteiger charge is -2.34. The number of nitrogens with one attached hydrogen (secondary N) is 2. The summed E-state index contributed by atoms with van der Waals surface area (Å²) in [5.74, 6) is 0.961. The predicted molar refractivity (Wildman–Crippen MR) is 99.5 cm³/mol. The van der Waals surface area contributed by atoms with Crippen molar-refractivity contribution in [1.29, 1.82) is 0 Å². The van der Waals surface area contributed by atoms with Gasteiger partial charge in [-0.05, 0) is 32.4 Å². The van der Waals surface area contributed by atoms with Crippen LogP contribution in [0.5, 0.6) is 0 Å². The Morgan fingerprint density at radius 3 is 3.04 bits per heavy atom. The number of hydrogen-bond donors (Lipinski definition) is 2. The van der Waals surface area contributed by atoms with Gasteiger partial charge in [0, 0.05) is 24.7 Å². The molecule has 0 amide bonds. The number of anilines is 1. The summed E-state index contributed by atoms with van der Waals surface area (Å²) in [6.07, 6.45) is 7.07. The van der Waals surface area contributed by atoms with Crippen LogP contribution in [0.2, 0.25) is 0 Å². The van der Waals surface area contributed by atoms with E-state index in [4.69, 9.17) is 9.47 Å². The molecule has 0 bridgehead atoms. The highest BCUT2D eigenvalue weighted by Gasteiger charge is 2.31. The molecule has 1 unspecified atom stereocenters. The van der Waals surface area contributed by atoms with E-state index >= 15 is 0 Å². The Labute approximate surface area is 154 Å². The molecule has 0 radical (unpaired) electrons. The van der Waals surface area contributed by atoms with Crippen molar-refractivity contribution in [2.45, 2.75) is 51.5 Å². The molecule has 1 aliphatic carbocycles. The van der Waals surface area contributed by atoms with Crippen LogP contribution in [0.25, 0.3) is 0 Å². The molecule has 1 fully saturated rings. The number of hydrogen-bond acceptors (Lipinski definition) is 7. The summed E-state index contributed by atoms with van der Waals surface area (Å²) < 4.78 is 11.5. The fourth-order valence-corrected chi connectivity index (χ4v) is 3.78. The molecule has 2 N–H and O–H groups in total. The van der Waals surface area contributed by atoms with Crippen molar-refractivity contribution in [1.82, 2.24) is 20.8 Å². The first-order valence-corrected chi connectivity index (χ1v) is 9.36. The van der Waals surface area contributed by atoms with E-state index in [0.717, 1.165) is 43.4 Å². The maximum atomic E-state index is 5.99. The second-order valence-corrected chi connectivity index (χ2v) is 7.35. The van der Waals surface area contributed by atoms with Gasteiger partial charge in [-0.1, -0.05) is 6.08 Å². The van der Waals surface area contributed by atoms with Crippen molar-refractivity contribution in [2.24, 2.45) is 0 Å². The molecule has 7 nitrogen and oxygen atoms in total. The Bertz CT molecular complexity index is 718. The molecule has 140 valence electrons. The van der Waals surface area contributed by atoms with Gasteiger partial charge in [0.1, 0.15) is 12.1 Å².